The number of hydrogen-bond donors (Lipinski definition) is 2. The number of nitrogens with two attached hydrogens (primary N) is 1. The lowest BCUT2D eigenvalue weighted by Crippen LogP contribution is -2.56. The van der Waals surface area contributed by atoms with Gasteiger partial charge in [0.1, 0.15) is 11.4 Å². The van der Waals surface area contributed by atoms with E-state index in [1.165, 1.54) is 11.0 Å². The van der Waals surface area contributed by atoms with Crippen LogP contribution in [-0.2, 0) is 4.79 Å². The van der Waals surface area contributed by atoms with Crippen LogP contribution in [0.25, 0.3) is 0 Å². The zero-order valence-electron chi connectivity index (χ0n) is 18.1. The summed E-state index contributed by atoms with van der Waals surface area (Å²) < 4.78 is 31.5. The second-order valence-electron chi connectivity index (χ2n) is 9.09. The number of ether oxygens (including phenoxy) is 1. The second-order valence-corrected chi connectivity index (χ2v) is 9.09. The van der Waals surface area contributed by atoms with E-state index in [1.54, 1.807) is 13.1 Å². The highest BCUT2D eigenvalue weighted by atomic mass is 19.3. The Balaban J connectivity index is 0.000000274. The molecule has 0 unspecified atom stereocenters. The number of rotatable bonds is 7. The average Bonchev–Trinajstić information content (AvgIpc) is 3.46. The molecule has 1 aliphatic heterocycles. The van der Waals surface area contributed by atoms with Crippen LogP contribution in [0.15, 0.2) is 12.1 Å². The van der Waals surface area contributed by atoms with Gasteiger partial charge in [-0.2, -0.15) is 0 Å². The molecule has 0 atom stereocenters. The molecule has 2 heterocycles. The summed E-state index contributed by atoms with van der Waals surface area (Å²) >= 11 is 0. The van der Waals surface area contributed by atoms with Gasteiger partial charge in [0, 0.05) is 13.5 Å². The fraction of sp³-hybridized carbons (Fsp3) is 0.667. The Hall–Kier alpha value is -2.45. The zero-order chi connectivity index (χ0) is 22.5. The number of halogens is 2. The highest BCUT2D eigenvalue weighted by Crippen LogP contribution is 2.37. The molecule has 3 N–H and O–H groups in total. The summed E-state index contributed by atoms with van der Waals surface area (Å²) in [4.78, 5) is 27.4. The molecule has 1 saturated carbocycles. The summed E-state index contributed by atoms with van der Waals surface area (Å²) in [5.41, 5.74) is 6.01. The Morgan fingerprint density at radius 3 is 2.40 bits per heavy atom. The van der Waals surface area contributed by atoms with Crippen LogP contribution in [0.4, 0.5) is 14.5 Å². The van der Waals surface area contributed by atoms with Gasteiger partial charge >= 0.3 is 0 Å². The van der Waals surface area contributed by atoms with Crippen molar-refractivity contribution in [2.75, 3.05) is 31.6 Å². The molecule has 0 spiro atoms. The van der Waals surface area contributed by atoms with Crippen molar-refractivity contribution in [1.82, 2.24) is 10.3 Å². The molecule has 3 rings (SSSR count). The molecule has 0 bridgehead atoms. The Bertz CT molecular complexity index is 753. The van der Waals surface area contributed by atoms with E-state index in [-0.39, 0.29) is 36.0 Å². The van der Waals surface area contributed by atoms with Gasteiger partial charge in [-0.15, -0.1) is 0 Å². The second kappa shape index (κ2) is 9.57. The number of carbonyl (C=O) groups excluding carboxylic acids is 2. The maximum atomic E-state index is 13.0. The summed E-state index contributed by atoms with van der Waals surface area (Å²) in [5.74, 6) is -2.49. The van der Waals surface area contributed by atoms with Crippen molar-refractivity contribution in [2.45, 2.75) is 52.4 Å². The maximum absolute atomic E-state index is 13.0. The Labute approximate surface area is 176 Å². The lowest BCUT2D eigenvalue weighted by molar-refractivity contribution is -0.121. The number of anilines is 1. The highest BCUT2D eigenvalue weighted by molar-refractivity contribution is 5.91. The molecule has 1 aliphatic carbocycles. The van der Waals surface area contributed by atoms with E-state index in [0.29, 0.717) is 24.6 Å². The van der Waals surface area contributed by atoms with E-state index in [4.69, 9.17) is 10.5 Å². The molecule has 2 aliphatic rings. The number of carbonyl (C=O) groups is 2. The first-order valence-electron chi connectivity index (χ1n) is 10.2. The summed E-state index contributed by atoms with van der Waals surface area (Å²) in [6, 6.07) is 2.99. The number of nitrogens with zero attached hydrogens (tertiary/aromatic N) is 2. The summed E-state index contributed by atoms with van der Waals surface area (Å²) in [6.07, 6.45) is 3.80. The van der Waals surface area contributed by atoms with Gasteiger partial charge in [0.2, 0.25) is 11.8 Å². The molecule has 30 heavy (non-hydrogen) atoms. The molecule has 1 saturated heterocycles. The SMILES string of the molecule is CNC(=O)CCC(C)(C)C.NC(=O)c1ccc(N2CC(F)(F)C2)c(OCC2CC2)n1. The number of pyridine rings is 1. The van der Waals surface area contributed by atoms with Gasteiger partial charge in [-0.05, 0) is 42.7 Å². The Morgan fingerprint density at radius 2 is 1.93 bits per heavy atom. The van der Waals surface area contributed by atoms with Crippen molar-refractivity contribution >= 4 is 17.5 Å². The number of hydrogen-bond acceptors (Lipinski definition) is 5. The molecule has 0 aromatic carbocycles. The van der Waals surface area contributed by atoms with Gasteiger partial charge in [-0.3, -0.25) is 9.59 Å². The lowest BCUT2D eigenvalue weighted by Gasteiger charge is -2.40. The molecule has 1 aromatic rings. The minimum atomic E-state index is -2.67. The Kier molecular flexibility index (Phi) is 7.60. The van der Waals surface area contributed by atoms with Gasteiger partial charge in [0.25, 0.3) is 11.8 Å². The fourth-order valence-corrected chi connectivity index (χ4v) is 2.69. The third-order valence-corrected chi connectivity index (χ3v) is 4.81. The van der Waals surface area contributed by atoms with E-state index in [1.807, 2.05) is 0 Å². The van der Waals surface area contributed by atoms with E-state index >= 15 is 0 Å². The summed E-state index contributed by atoms with van der Waals surface area (Å²) in [5, 5.41) is 2.60. The van der Waals surface area contributed by atoms with Gasteiger partial charge in [-0.1, -0.05) is 20.8 Å². The van der Waals surface area contributed by atoms with Crippen LogP contribution in [0.5, 0.6) is 5.88 Å². The van der Waals surface area contributed by atoms with Crippen LogP contribution in [0.2, 0.25) is 0 Å². The number of alkyl halides is 2. The molecule has 168 valence electrons. The van der Waals surface area contributed by atoms with Crippen molar-refractivity contribution in [3.63, 3.8) is 0 Å². The minimum absolute atomic E-state index is 0.0758. The van der Waals surface area contributed by atoms with E-state index in [2.05, 4.69) is 31.1 Å². The largest absolute Gasteiger partial charge is 0.476 e. The van der Waals surface area contributed by atoms with Crippen LogP contribution >= 0.6 is 0 Å². The van der Waals surface area contributed by atoms with Gasteiger partial charge in [-0.25, -0.2) is 13.8 Å². The molecule has 1 aromatic heterocycles. The predicted octanol–water partition coefficient (Wildman–Crippen LogP) is 2.98. The third kappa shape index (κ3) is 7.76. The zero-order valence-corrected chi connectivity index (χ0v) is 18.1. The number of aromatic nitrogens is 1. The van der Waals surface area contributed by atoms with Crippen LogP contribution in [0.3, 0.4) is 0 Å². The van der Waals surface area contributed by atoms with E-state index < -0.39 is 11.8 Å². The van der Waals surface area contributed by atoms with Crippen molar-refractivity contribution in [1.29, 1.82) is 0 Å². The van der Waals surface area contributed by atoms with Crippen molar-refractivity contribution in [3.05, 3.63) is 17.8 Å². The Morgan fingerprint density at radius 1 is 1.30 bits per heavy atom. The third-order valence-electron chi connectivity index (χ3n) is 4.81. The van der Waals surface area contributed by atoms with Crippen LogP contribution < -0.4 is 20.7 Å². The average molecular weight is 427 g/mol. The first kappa shape index (κ1) is 23.8. The summed E-state index contributed by atoms with van der Waals surface area (Å²) in [6.45, 7) is 6.18. The number of nitrogens with one attached hydrogen (secondary N) is 1. The van der Waals surface area contributed by atoms with Crippen molar-refractivity contribution in [3.8, 4) is 5.88 Å². The monoisotopic (exact) mass is 426 g/mol. The first-order chi connectivity index (χ1) is 13.9. The fourth-order valence-electron chi connectivity index (χ4n) is 2.69. The predicted molar refractivity (Wildman–Crippen MR) is 111 cm³/mol. The molecule has 2 amide bonds. The smallest absolute Gasteiger partial charge is 0.282 e. The number of amides is 2. The molecular formula is C21H32F2N4O3. The normalized spacial score (nSPS) is 17.3. The molecule has 9 heteroatoms. The minimum Gasteiger partial charge on any atom is -0.476 e. The van der Waals surface area contributed by atoms with E-state index in [0.717, 1.165) is 19.3 Å². The summed E-state index contributed by atoms with van der Waals surface area (Å²) in [7, 11) is 1.67. The molecule has 2 fully saturated rings. The number of primary amides is 1. The maximum Gasteiger partial charge on any atom is 0.282 e. The standard InChI is InChI=1S/C13H15F2N3O2.C8H17NO/c14-13(15)6-18(7-13)10-4-3-9(11(16)19)17-12(10)20-5-8-1-2-8;1-8(2,3)6-5-7(10)9-4/h3-4,8H,1-2,5-7H2,(H2,16,19);5-6H2,1-4H3,(H,9,10). The first-order valence-corrected chi connectivity index (χ1v) is 10.2. The lowest BCUT2D eigenvalue weighted by atomic mass is 9.90. The van der Waals surface area contributed by atoms with Crippen molar-refractivity contribution in [2.24, 2.45) is 17.1 Å². The van der Waals surface area contributed by atoms with Crippen LogP contribution in [-0.4, -0.2) is 49.5 Å². The van der Waals surface area contributed by atoms with Crippen molar-refractivity contribution < 1.29 is 23.1 Å². The quantitative estimate of drug-likeness (QED) is 0.699. The molecule has 7 nitrogen and oxygen atoms in total. The van der Waals surface area contributed by atoms with Gasteiger partial charge in [0.05, 0.1) is 19.7 Å². The van der Waals surface area contributed by atoms with Crippen LogP contribution in [0, 0.1) is 11.3 Å². The van der Waals surface area contributed by atoms with Gasteiger partial charge < -0.3 is 20.7 Å². The molecule has 0 radical (unpaired) electrons. The van der Waals surface area contributed by atoms with Gasteiger partial charge in [0.15, 0.2) is 0 Å². The highest BCUT2D eigenvalue weighted by Gasteiger charge is 2.45. The topological polar surface area (TPSA) is 97.5 Å². The molecular weight excluding hydrogens is 394 g/mol. The van der Waals surface area contributed by atoms with Crippen LogP contribution in [0.1, 0.15) is 56.9 Å². The van der Waals surface area contributed by atoms with E-state index in [9.17, 15) is 18.4 Å².